The maximum atomic E-state index is 14.5. The number of amides is 10. The molecule has 1 aromatic rings. The predicted molar refractivity (Wildman–Crippen MR) is 253 cm³/mol. The quantitative estimate of drug-likeness (QED) is 0.0692. The summed E-state index contributed by atoms with van der Waals surface area (Å²) >= 11 is 0. The number of benzene rings is 1. The number of phenols is 1. The van der Waals surface area contributed by atoms with E-state index in [0.29, 0.717) is 18.4 Å². The van der Waals surface area contributed by atoms with Crippen molar-refractivity contribution in [1.29, 1.82) is 0 Å². The van der Waals surface area contributed by atoms with Crippen LogP contribution in [0.15, 0.2) is 24.3 Å². The minimum Gasteiger partial charge on any atom is -0.508 e. The highest BCUT2D eigenvalue weighted by molar-refractivity contribution is 8.76. The van der Waals surface area contributed by atoms with Crippen LogP contribution in [0.4, 0.5) is 0 Å². The number of hydrogen-bond donors (Lipinski definition) is 12. The van der Waals surface area contributed by atoms with E-state index in [1.807, 2.05) is 13.8 Å². The van der Waals surface area contributed by atoms with E-state index in [9.17, 15) is 63.0 Å². The van der Waals surface area contributed by atoms with Gasteiger partial charge in [-0.3, -0.25) is 52.7 Å². The molecule has 69 heavy (non-hydrogen) atoms. The zero-order valence-electron chi connectivity index (χ0n) is 38.9. The molecule has 0 bridgehead atoms. The van der Waals surface area contributed by atoms with Crippen LogP contribution >= 0.6 is 21.6 Å². The third-order valence-corrected chi connectivity index (χ3v) is 13.7. The van der Waals surface area contributed by atoms with E-state index in [4.69, 9.17) is 17.2 Å². The van der Waals surface area contributed by atoms with Gasteiger partial charge in [0.15, 0.2) is 0 Å². The van der Waals surface area contributed by atoms with E-state index < -0.39 is 145 Å². The fourth-order valence-electron chi connectivity index (χ4n) is 7.32. The van der Waals surface area contributed by atoms with Crippen molar-refractivity contribution in [3.8, 4) is 5.75 Å². The second-order valence-electron chi connectivity index (χ2n) is 17.3. The number of primary amides is 2. The molecular weight excluding hydrogens is 943 g/mol. The number of rotatable bonds is 17. The first kappa shape index (κ1) is 57.2. The van der Waals surface area contributed by atoms with Gasteiger partial charge in [0.05, 0.1) is 19.0 Å². The Kier molecular flexibility index (Phi) is 23.0. The topological polar surface area (TPSA) is 394 Å². The average Bonchev–Trinajstić information content (AvgIpc) is 3.78. The molecule has 382 valence electrons. The molecule has 0 radical (unpaired) electrons. The normalized spacial score (nSPS) is 24.3. The van der Waals surface area contributed by atoms with Crippen LogP contribution in [0.25, 0.3) is 0 Å². The van der Waals surface area contributed by atoms with E-state index in [0.717, 1.165) is 21.6 Å². The Bertz CT molecular complexity index is 2050. The number of nitrogens with zero attached hydrogens (tertiary/aromatic N) is 1. The fraction of sp³-hybridized carbons (Fsp3) is 0.605. The molecule has 0 saturated carbocycles. The Morgan fingerprint density at radius 1 is 0.812 bits per heavy atom. The van der Waals surface area contributed by atoms with E-state index in [-0.39, 0.29) is 49.0 Å². The molecule has 3 rings (SSSR count). The third kappa shape index (κ3) is 18.7. The molecule has 0 spiro atoms. The minimum absolute atomic E-state index is 0.0395. The van der Waals surface area contributed by atoms with Crippen LogP contribution in [0, 0.1) is 11.8 Å². The summed E-state index contributed by atoms with van der Waals surface area (Å²) in [4.78, 5) is 148. The first-order valence-electron chi connectivity index (χ1n) is 22.5. The van der Waals surface area contributed by atoms with Crippen LogP contribution in [-0.2, 0) is 59.2 Å². The molecular formula is C43H65N11O13S2. The smallest absolute Gasteiger partial charge is 0.303 e. The Morgan fingerprint density at radius 3 is 2.03 bits per heavy atom. The molecule has 10 amide bonds. The van der Waals surface area contributed by atoms with Crippen LogP contribution in [0.1, 0.15) is 78.2 Å². The lowest BCUT2D eigenvalue weighted by molar-refractivity contribution is -0.142. The van der Waals surface area contributed by atoms with Crippen LogP contribution in [0.2, 0.25) is 0 Å². The Labute approximate surface area is 407 Å². The monoisotopic (exact) mass is 1010 g/mol. The number of hydrogen-bond acceptors (Lipinski definition) is 15. The highest BCUT2D eigenvalue weighted by Gasteiger charge is 2.41. The summed E-state index contributed by atoms with van der Waals surface area (Å²) in [6.45, 7) is 6.54. The van der Waals surface area contributed by atoms with Crippen LogP contribution in [0.5, 0.6) is 5.75 Å². The van der Waals surface area contributed by atoms with Crippen molar-refractivity contribution in [2.24, 2.45) is 29.0 Å². The highest BCUT2D eigenvalue weighted by Crippen LogP contribution is 2.26. The van der Waals surface area contributed by atoms with Gasteiger partial charge < -0.3 is 69.5 Å². The Morgan fingerprint density at radius 2 is 1.42 bits per heavy atom. The van der Waals surface area contributed by atoms with Crippen molar-refractivity contribution in [2.75, 3.05) is 24.6 Å². The van der Waals surface area contributed by atoms with Gasteiger partial charge in [0.1, 0.15) is 48.0 Å². The lowest BCUT2D eigenvalue weighted by Gasteiger charge is -2.31. The van der Waals surface area contributed by atoms with Crippen molar-refractivity contribution in [3.63, 3.8) is 0 Å². The zero-order chi connectivity index (χ0) is 51.5. The molecule has 1 aromatic carbocycles. The fourth-order valence-corrected chi connectivity index (χ4v) is 9.60. The second-order valence-corrected chi connectivity index (χ2v) is 19.9. The summed E-state index contributed by atoms with van der Waals surface area (Å²) < 4.78 is 0. The van der Waals surface area contributed by atoms with Crippen molar-refractivity contribution in [3.05, 3.63) is 29.8 Å². The maximum absolute atomic E-state index is 14.5. The SMILES string of the molecule is CCC(C)C1NC(=O)C(Cc2ccc(O)cc2)NC(=O)C(N)CSSCC(C(=O)N2CCCC2C(=O)NC(CC(C)C)C(=O)NCC(N)=O)NC(=O)C(CC(N)=O)NC(=O)C(CCC(=O)O)NC1=O. The summed E-state index contributed by atoms with van der Waals surface area (Å²) in [5, 5.41) is 37.1. The van der Waals surface area contributed by atoms with Gasteiger partial charge >= 0.3 is 5.97 Å². The number of carbonyl (C=O) groups is 11. The third-order valence-electron chi connectivity index (χ3n) is 11.3. The van der Waals surface area contributed by atoms with Gasteiger partial charge in [-0.25, -0.2) is 0 Å². The maximum Gasteiger partial charge on any atom is 0.303 e. The number of nitrogens with two attached hydrogens (primary N) is 3. The number of aliphatic carboxylic acids is 1. The van der Waals surface area contributed by atoms with E-state index >= 15 is 0 Å². The lowest BCUT2D eigenvalue weighted by atomic mass is 9.96. The van der Waals surface area contributed by atoms with Crippen molar-refractivity contribution >= 4 is 86.6 Å². The largest absolute Gasteiger partial charge is 0.508 e. The lowest BCUT2D eigenvalue weighted by Crippen LogP contribution is -2.61. The minimum atomic E-state index is -1.78. The highest BCUT2D eigenvalue weighted by atomic mass is 33.1. The van der Waals surface area contributed by atoms with Crippen LogP contribution < -0.4 is 54.4 Å². The molecule has 2 fully saturated rings. The number of carbonyl (C=O) groups excluding carboxylic acids is 10. The molecule has 2 heterocycles. The summed E-state index contributed by atoms with van der Waals surface area (Å²) in [5.41, 5.74) is 17.5. The molecule has 9 unspecified atom stereocenters. The van der Waals surface area contributed by atoms with Crippen molar-refractivity contribution in [1.82, 2.24) is 42.1 Å². The number of nitrogens with one attached hydrogen (secondary N) is 7. The number of likely N-dealkylation sites (tertiary alicyclic amines) is 1. The average molecular weight is 1010 g/mol. The molecule has 26 heteroatoms. The molecule has 24 nitrogen and oxygen atoms in total. The number of carboxylic acids is 1. The van der Waals surface area contributed by atoms with E-state index in [1.54, 1.807) is 13.8 Å². The molecule has 2 aliphatic rings. The first-order valence-corrected chi connectivity index (χ1v) is 25.0. The Balaban J connectivity index is 2.05. The van der Waals surface area contributed by atoms with Crippen LogP contribution in [-0.4, -0.2) is 153 Å². The molecule has 0 aromatic heterocycles. The molecule has 0 aliphatic carbocycles. The number of phenolic OH excluding ortho intramolecular Hbond substituents is 1. The zero-order valence-corrected chi connectivity index (χ0v) is 40.6. The van der Waals surface area contributed by atoms with Gasteiger partial charge in [-0.2, -0.15) is 0 Å². The second kappa shape index (κ2) is 27.7. The van der Waals surface area contributed by atoms with Gasteiger partial charge in [-0.1, -0.05) is 67.8 Å². The standard InChI is InChI=1S/C43H65N11O13S2/c1-5-22(4)35-42(66)48-26(12-13-34(58)59)38(62)50-29(17-32(45)56)39(63)52-30(20-69-68-19-25(44)36(60)49-28(40(64)53-35)16-23-8-10-24(55)11-9-23)43(67)54-14-6-7-31(54)41(65)51-27(15-21(2)3)37(61)47-18-33(46)57/h8-11,21-22,25-31,35,55H,5-7,12-20,44H2,1-4H3,(H2,45,56)(H2,46,57)(H,47,61)(H,48,66)(H,49,60)(H,50,62)(H,51,65)(H,52,63)(H,53,64)(H,58,59). The molecule has 15 N–H and O–H groups in total. The van der Waals surface area contributed by atoms with Gasteiger partial charge in [0.25, 0.3) is 0 Å². The van der Waals surface area contributed by atoms with Crippen LogP contribution in [0.3, 0.4) is 0 Å². The van der Waals surface area contributed by atoms with Gasteiger partial charge in [0, 0.05) is 30.9 Å². The molecule has 2 aliphatic heterocycles. The van der Waals surface area contributed by atoms with Gasteiger partial charge in [-0.15, -0.1) is 0 Å². The summed E-state index contributed by atoms with van der Waals surface area (Å²) in [6.07, 6.45) is -1.12. The van der Waals surface area contributed by atoms with Gasteiger partial charge in [0.2, 0.25) is 59.1 Å². The summed E-state index contributed by atoms with van der Waals surface area (Å²) in [5.74, 6) is -11.2. The number of aromatic hydroxyl groups is 1. The van der Waals surface area contributed by atoms with Gasteiger partial charge in [-0.05, 0) is 55.2 Å². The van der Waals surface area contributed by atoms with Crippen molar-refractivity contribution in [2.45, 2.75) is 127 Å². The predicted octanol–water partition coefficient (Wildman–Crippen LogP) is -3.01. The van der Waals surface area contributed by atoms with Crippen molar-refractivity contribution < 1.29 is 63.0 Å². The van der Waals surface area contributed by atoms with E-state index in [2.05, 4.69) is 37.2 Å². The summed E-state index contributed by atoms with van der Waals surface area (Å²) in [7, 11) is 2.02. The van der Waals surface area contributed by atoms with E-state index in [1.165, 1.54) is 29.2 Å². The molecule has 2 saturated heterocycles. The first-order chi connectivity index (χ1) is 32.5. The molecule has 9 atom stereocenters. The summed E-state index contributed by atoms with van der Waals surface area (Å²) in [6, 6.07) is -5.29. The Hall–Kier alpha value is -6.15. The number of carboxylic acid groups (broad SMARTS) is 1.